The highest BCUT2D eigenvalue weighted by Gasteiger charge is 2.19. The molecule has 0 saturated heterocycles. The van der Waals surface area contributed by atoms with Crippen molar-refractivity contribution in [2.75, 3.05) is 0 Å². The molecule has 3 nitrogen and oxygen atoms in total. The first-order chi connectivity index (χ1) is 9.66. The molecule has 0 aliphatic heterocycles. The van der Waals surface area contributed by atoms with Crippen LogP contribution in [0.1, 0.15) is 50.1 Å². The van der Waals surface area contributed by atoms with Crippen molar-refractivity contribution in [3.05, 3.63) is 45.9 Å². The van der Waals surface area contributed by atoms with Gasteiger partial charge in [-0.3, -0.25) is 0 Å². The Bertz CT molecular complexity index is 588. The van der Waals surface area contributed by atoms with Crippen molar-refractivity contribution in [1.82, 2.24) is 4.98 Å². The van der Waals surface area contributed by atoms with Crippen LogP contribution < -0.4 is 4.74 Å². The Labute approximate surface area is 130 Å². The van der Waals surface area contributed by atoms with Crippen LogP contribution in [0.5, 0.6) is 5.75 Å². The van der Waals surface area contributed by atoms with E-state index in [1.54, 1.807) is 20.0 Å². The lowest BCUT2D eigenvalue weighted by Gasteiger charge is -2.19. The van der Waals surface area contributed by atoms with Crippen LogP contribution in [-0.4, -0.2) is 10.1 Å². The highest BCUT2D eigenvalue weighted by Crippen LogP contribution is 2.27. The maximum atomic E-state index is 9.92. The third kappa shape index (κ3) is 4.29. The number of hydrogen-bond donors (Lipinski definition) is 1. The van der Waals surface area contributed by atoms with Gasteiger partial charge in [0, 0.05) is 6.20 Å². The molecule has 2 rings (SSSR count). The van der Waals surface area contributed by atoms with Gasteiger partial charge in [0.15, 0.2) is 0 Å². The molecule has 0 amide bonds. The van der Waals surface area contributed by atoms with E-state index in [0.717, 1.165) is 15.6 Å². The Morgan fingerprint density at radius 1 is 1.10 bits per heavy atom. The molecular weight excluding hydrogens is 282 g/mol. The summed E-state index contributed by atoms with van der Waals surface area (Å²) in [5.74, 6) is 0.836. The highest BCUT2D eigenvalue weighted by atomic mass is 32.1. The summed E-state index contributed by atoms with van der Waals surface area (Å²) in [4.78, 5) is 5.14. The molecule has 1 N–H and O–H groups in total. The molecule has 4 heteroatoms. The molecular formula is C17H23NO2S. The summed E-state index contributed by atoms with van der Waals surface area (Å²) in [7, 11) is 0. The minimum absolute atomic E-state index is 0.148. The fourth-order valence-electron chi connectivity index (χ4n) is 1.86. The van der Waals surface area contributed by atoms with Gasteiger partial charge in [0.25, 0.3) is 0 Å². The van der Waals surface area contributed by atoms with Crippen molar-refractivity contribution in [2.24, 2.45) is 0 Å². The SMILES string of the molecule is CC(C)(C)c1ccc(OCc2ncc(C(C)(C)O)s2)cc1. The van der Waals surface area contributed by atoms with Crippen LogP contribution >= 0.6 is 11.3 Å². The third-order valence-electron chi connectivity index (χ3n) is 3.24. The smallest absolute Gasteiger partial charge is 0.140 e. The fourth-order valence-corrected chi connectivity index (χ4v) is 2.69. The normalized spacial score (nSPS) is 12.5. The van der Waals surface area contributed by atoms with Crippen molar-refractivity contribution >= 4 is 11.3 Å². The molecule has 1 aromatic carbocycles. The number of rotatable bonds is 4. The van der Waals surface area contributed by atoms with E-state index in [0.29, 0.717) is 6.61 Å². The van der Waals surface area contributed by atoms with Crippen molar-refractivity contribution in [3.8, 4) is 5.75 Å². The van der Waals surface area contributed by atoms with Gasteiger partial charge < -0.3 is 9.84 Å². The maximum absolute atomic E-state index is 9.92. The Balaban J connectivity index is 1.99. The number of ether oxygens (including phenoxy) is 1. The monoisotopic (exact) mass is 305 g/mol. The minimum Gasteiger partial charge on any atom is -0.486 e. The molecule has 0 radical (unpaired) electrons. The summed E-state index contributed by atoms with van der Waals surface area (Å²) in [6, 6.07) is 8.18. The number of benzene rings is 1. The zero-order chi connectivity index (χ0) is 15.7. The van der Waals surface area contributed by atoms with Crippen molar-refractivity contribution in [1.29, 1.82) is 0 Å². The van der Waals surface area contributed by atoms with Crippen LogP contribution in [0.4, 0.5) is 0 Å². The summed E-state index contributed by atoms with van der Waals surface area (Å²) in [5, 5.41) is 10.8. The van der Waals surface area contributed by atoms with E-state index in [1.807, 2.05) is 12.1 Å². The Morgan fingerprint density at radius 2 is 1.71 bits per heavy atom. The molecule has 1 heterocycles. The van der Waals surface area contributed by atoms with E-state index in [1.165, 1.54) is 16.9 Å². The average Bonchev–Trinajstić information content (AvgIpc) is 2.84. The van der Waals surface area contributed by atoms with Crippen LogP contribution in [0, 0.1) is 0 Å². The largest absolute Gasteiger partial charge is 0.486 e. The average molecular weight is 305 g/mol. The van der Waals surface area contributed by atoms with Crippen LogP contribution in [0.2, 0.25) is 0 Å². The molecule has 0 atom stereocenters. The summed E-state index contributed by atoms with van der Waals surface area (Å²) in [6.07, 6.45) is 1.71. The van der Waals surface area contributed by atoms with Crippen molar-refractivity contribution in [2.45, 2.75) is 52.2 Å². The van der Waals surface area contributed by atoms with Gasteiger partial charge in [-0.1, -0.05) is 32.9 Å². The van der Waals surface area contributed by atoms with E-state index in [-0.39, 0.29) is 5.41 Å². The second kappa shape index (κ2) is 5.78. The highest BCUT2D eigenvalue weighted by molar-refractivity contribution is 7.11. The fraction of sp³-hybridized carbons (Fsp3) is 0.471. The topological polar surface area (TPSA) is 42.4 Å². The quantitative estimate of drug-likeness (QED) is 0.918. The molecule has 1 aromatic heterocycles. The molecule has 0 fully saturated rings. The van der Waals surface area contributed by atoms with Gasteiger partial charge in [0.1, 0.15) is 17.4 Å². The van der Waals surface area contributed by atoms with Gasteiger partial charge in [-0.2, -0.15) is 0 Å². The van der Waals surface area contributed by atoms with Gasteiger partial charge in [0.05, 0.1) is 10.5 Å². The lowest BCUT2D eigenvalue weighted by Crippen LogP contribution is -2.12. The molecule has 0 unspecified atom stereocenters. The summed E-state index contributed by atoms with van der Waals surface area (Å²) in [5.41, 5.74) is 0.591. The number of nitrogens with zero attached hydrogens (tertiary/aromatic N) is 1. The van der Waals surface area contributed by atoms with E-state index in [9.17, 15) is 5.11 Å². The molecule has 0 aliphatic carbocycles. The first-order valence-corrected chi connectivity index (χ1v) is 7.89. The predicted molar refractivity (Wildman–Crippen MR) is 86.8 cm³/mol. The maximum Gasteiger partial charge on any atom is 0.140 e. The molecule has 0 bridgehead atoms. The molecule has 114 valence electrons. The number of aromatic nitrogens is 1. The summed E-state index contributed by atoms with van der Waals surface area (Å²) < 4.78 is 5.75. The van der Waals surface area contributed by atoms with E-state index < -0.39 is 5.60 Å². The first kappa shape index (κ1) is 16.0. The van der Waals surface area contributed by atoms with Gasteiger partial charge in [-0.15, -0.1) is 11.3 Å². The standard InChI is InChI=1S/C17H23NO2S/c1-16(2,3)12-6-8-13(9-7-12)20-11-15-18-10-14(21-15)17(4,5)19/h6-10,19H,11H2,1-5H3. The molecule has 0 saturated carbocycles. The summed E-state index contributed by atoms with van der Waals surface area (Å²) >= 11 is 1.48. The Kier molecular flexibility index (Phi) is 4.40. The van der Waals surface area contributed by atoms with Crippen LogP contribution in [-0.2, 0) is 17.6 Å². The van der Waals surface area contributed by atoms with Crippen LogP contribution in [0.3, 0.4) is 0 Å². The first-order valence-electron chi connectivity index (χ1n) is 7.07. The lowest BCUT2D eigenvalue weighted by molar-refractivity contribution is 0.0823. The lowest BCUT2D eigenvalue weighted by atomic mass is 9.87. The molecule has 21 heavy (non-hydrogen) atoms. The minimum atomic E-state index is -0.843. The summed E-state index contributed by atoms with van der Waals surface area (Å²) in [6.45, 7) is 10.5. The number of hydrogen-bond acceptors (Lipinski definition) is 4. The van der Waals surface area contributed by atoms with Gasteiger partial charge in [0.2, 0.25) is 0 Å². The zero-order valence-corrected chi connectivity index (χ0v) is 14.1. The Morgan fingerprint density at radius 3 is 2.19 bits per heavy atom. The van der Waals surface area contributed by atoms with Crippen LogP contribution in [0.25, 0.3) is 0 Å². The van der Waals surface area contributed by atoms with Gasteiger partial charge >= 0.3 is 0 Å². The van der Waals surface area contributed by atoms with Crippen molar-refractivity contribution in [3.63, 3.8) is 0 Å². The van der Waals surface area contributed by atoms with E-state index in [4.69, 9.17) is 4.74 Å². The second-order valence-corrected chi connectivity index (χ2v) is 7.86. The van der Waals surface area contributed by atoms with E-state index in [2.05, 4.69) is 37.9 Å². The van der Waals surface area contributed by atoms with Gasteiger partial charge in [-0.25, -0.2) is 4.98 Å². The van der Waals surface area contributed by atoms with Gasteiger partial charge in [-0.05, 0) is 37.0 Å². The Hall–Kier alpha value is -1.39. The number of thiazole rings is 1. The van der Waals surface area contributed by atoms with E-state index >= 15 is 0 Å². The molecule has 2 aromatic rings. The number of aliphatic hydroxyl groups is 1. The van der Waals surface area contributed by atoms with Crippen LogP contribution in [0.15, 0.2) is 30.5 Å². The molecule has 0 spiro atoms. The second-order valence-electron chi connectivity index (χ2n) is 6.74. The third-order valence-corrected chi connectivity index (χ3v) is 4.52. The predicted octanol–water partition coefficient (Wildman–Crippen LogP) is 4.25. The molecule has 0 aliphatic rings. The zero-order valence-electron chi connectivity index (χ0n) is 13.3. The van der Waals surface area contributed by atoms with Crippen molar-refractivity contribution < 1.29 is 9.84 Å².